The molecule has 0 aromatic heterocycles. The summed E-state index contributed by atoms with van der Waals surface area (Å²) < 4.78 is 0. The third-order valence-corrected chi connectivity index (χ3v) is 3.29. The van der Waals surface area contributed by atoms with Crippen molar-refractivity contribution in [1.82, 2.24) is 0 Å². The fourth-order valence-electron chi connectivity index (χ4n) is 2.67. The highest BCUT2D eigenvalue weighted by Crippen LogP contribution is 2.39. The molecule has 0 heterocycles. The van der Waals surface area contributed by atoms with Crippen LogP contribution in [0.4, 0.5) is 0 Å². The van der Waals surface area contributed by atoms with Gasteiger partial charge in [-0.05, 0) is 49.3 Å². The molecule has 14 heavy (non-hydrogen) atoms. The molecule has 2 rings (SSSR count). The average Bonchev–Trinajstić information content (AvgIpc) is 2.10. The smallest absolute Gasteiger partial charge is 0.0793 e. The Balaban J connectivity index is 2.60. The van der Waals surface area contributed by atoms with Crippen LogP contribution in [0.25, 0.3) is 0 Å². The molecule has 1 N–H and O–H groups in total. The highest BCUT2D eigenvalue weighted by molar-refractivity contribution is 5.43. The van der Waals surface area contributed by atoms with Crippen LogP contribution in [-0.4, -0.2) is 5.11 Å². The first kappa shape index (κ1) is 9.72. The van der Waals surface area contributed by atoms with Gasteiger partial charge in [-0.3, -0.25) is 0 Å². The van der Waals surface area contributed by atoms with E-state index in [1.807, 2.05) is 0 Å². The van der Waals surface area contributed by atoms with Crippen LogP contribution < -0.4 is 0 Å². The van der Waals surface area contributed by atoms with Gasteiger partial charge in [-0.2, -0.15) is 0 Å². The van der Waals surface area contributed by atoms with Crippen molar-refractivity contribution in [2.75, 3.05) is 0 Å². The maximum Gasteiger partial charge on any atom is 0.0793 e. The predicted molar refractivity (Wildman–Crippen MR) is 58.5 cm³/mol. The van der Waals surface area contributed by atoms with Gasteiger partial charge < -0.3 is 5.11 Å². The Labute approximate surface area is 85.8 Å². The molecule has 0 radical (unpaired) electrons. The Morgan fingerprint density at radius 1 is 1.21 bits per heavy atom. The molecule has 0 spiro atoms. The topological polar surface area (TPSA) is 20.2 Å². The largest absolute Gasteiger partial charge is 0.388 e. The van der Waals surface area contributed by atoms with Gasteiger partial charge in [0.15, 0.2) is 0 Å². The van der Waals surface area contributed by atoms with Gasteiger partial charge in [0.25, 0.3) is 0 Å². The van der Waals surface area contributed by atoms with E-state index in [-0.39, 0.29) is 6.10 Å². The SMILES string of the molecule is Cc1cc(C)c2c(c1)C(O)CCC2C. The van der Waals surface area contributed by atoms with Crippen LogP contribution in [0.3, 0.4) is 0 Å². The van der Waals surface area contributed by atoms with Crippen molar-refractivity contribution < 1.29 is 5.11 Å². The van der Waals surface area contributed by atoms with E-state index in [2.05, 4.69) is 32.9 Å². The monoisotopic (exact) mass is 190 g/mol. The number of hydrogen-bond donors (Lipinski definition) is 1. The summed E-state index contributed by atoms with van der Waals surface area (Å²) in [6, 6.07) is 4.36. The maximum atomic E-state index is 9.93. The summed E-state index contributed by atoms with van der Waals surface area (Å²) in [6.45, 7) is 6.51. The van der Waals surface area contributed by atoms with E-state index < -0.39 is 0 Å². The van der Waals surface area contributed by atoms with E-state index in [1.54, 1.807) is 0 Å². The van der Waals surface area contributed by atoms with Gasteiger partial charge in [0.05, 0.1) is 6.10 Å². The van der Waals surface area contributed by atoms with Crippen molar-refractivity contribution in [3.63, 3.8) is 0 Å². The van der Waals surface area contributed by atoms with Gasteiger partial charge >= 0.3 is 0 Å². The summed E-state index contributed by atoms with van der Waals surface area (Å²) in [4.78, 5) is 0. The maximum absolute atomic E-state index is 9.93. The molecule has 0 saturated carbocycles. The van der Waals surface area contributed by atoms with E-state index >= 15 is 0 Å². The second-order valence-electron chi connectivity index (χ2n) is 4.58. The molecule has 1 nitrogen and oxygen atoms in total. The molecule has 0 bridgehead atoms. The molecule has 2 unspecified atom stereocenters. The lowest BCUT2D eigenvalue weighted by molar-refractivity contribution is 0.151. The second kappa shape index (κ2) is 3.39. The van der Waals surface area contributed by atoms with E-state index in [4.69, 9.17) is 0 Å². The van der Waals surface area contributed by atoms with E-state index in [1.165, 1.54) is 22.3 Å². The Hall–Kier alpha value is -0.820. The minimum Gasteiger partial charge on any atom is -0.388 e. The lowest BCUT2D eigenvalue weighted by Gasteiger charge is -2.28. The number of benzene rings is 1. The third-order valence-electron chi connectivity index (χ3n) is 3.29. The van der Waals surface area contributed by atoms with Crippen molar-refractivity contribution in [1.29, 1.82) is 0 Å². The molecule has 76 valence electrons. The number of fused-ring (bicyclic) bond motifs is 1. The van der Waals surface area contributed by atoms with Crippen molar-refractivity contribution >= 4 is 0 Å². The van der Waals surface area contributed by atoms with Crippen LogP contribution in [-0.2, 0) is 0 Å². The predicted octanol–water partition coefficient (Wildman–Crippen LogP) is 3.23. The van der Waals surface area contributed by atoms with Crippen molar-refractivity contribution in [2.45, 2.75) is 45.6 Å². The van der Waals surface area contributed by atoms with Gasteiger partial charge in [-0.25, -0.2) is 0 Å². The summed E-state index contributed by atoms with van der Waals surface area (Å²) in [5.41, 5.74) is 5.15. The Kier molecular flexibility index (Phi) is 2.36. The van der Waals surface area contributed by atoms with Crippen LogP contribution in [0.5, 0.6) is 0 Å². The van der Waals surface area contributed by atoms with Crippen molar-refractivity contribution in [3.05, 3.63) is 34.4 Å². The van der Waals surface area contributed by atoms with Crippen molar-refractivity contribution in [3.8, 4) is 0 Å². The van der Waals surface area contributed by atoms with Crippen LogP contribution in [0.1, 0.15) is 54.0 Å². The fraction of sp³-hybridized carbons (Fsp3) is 0.538. The summed E-state index contributed by atoms with van der Waals surface area (Å²) in [5.74, 6) is 0.606. The molecular formula is C13H18O. The average molecular weight is 190 g/mol. The van der Waals surface area contributed by atoms with E-state index in [0.29, 0.717) is 5.92 Å². The fourth-order valence-corrected chi connectivity index (χ4v) is 2.67. The number of aliphatic hydroxyl groups is 1. The standard InChI is InChI=1S/C13H18O/c1-8-6-10(3)13-9(2)4-5-12(14)11(13)7-8/h6-7,9,12,14H,4-5H2,1-3H3. The zero-order valence-electron chi connectivity index (χ0n) is 9.17. The molecule has 1 aromatic carbocycles. The van der Waals surface area contributed by atoms with E-state index in [0.717, 1.165) is 12.8 Å². The zero-order chi connectivity index (χ0) is 10.3. The lowest BCUT2D eigenvalue weighted by atomic mass is 9.79. The molecule has 1 aliphatic carbocycles. The third kappa shape index (κ3) is 1.46. The lowest BCUT2D eigenvalue weighted by Crippen LogP contribution is -2.14. The molecule has 0 saturated heterocycles. The van der Waals surface area contributed by atoms with Gasteiger partial charge in [0.1, 0.15) is 0 Å². The summed E-state index contributed by atoms with van der Waals surface area (Å²) in [7, 11) is 0. The molecule has 1 heteroatoms. The summed E-state index contributed by atoms with van der Waals surface area (Å²) >= 11 is 0. The number of aryl methyl sites for hydroxylation is 2. The van der Waals surface area contributed by atoms with Crippen LogP contribution in [0.15, 0.2) is 12.1 Å². The minimum absolute atomic E-state index is 0.236. The van der Waals surface area contributed by atoms with Gasteiger partial charge in [0.2, 0.25) is 0 Å². The first-order chi connectivity index (χ1) is 6.59. The highest BCUT2D eigenvalue weighted by Gasteiger charge is 2.24. The second-order valence-corrected chi connectivity index (χ2v) is 4.58. The first-order valence-electron chi connectivity index (χ1n) is 5.38. The highest BCUT2D eigenvalue weighted by atomic mass is 16.3. The molecular weight excluding hydrogens is 172 g/mol. The molecule has 0 aliphatic heterocycles. The van der Waals surface area contributed by atoms with Crippen LogP contribution in [0.2, 0.25) is 0 Å². The van der Waals surface area contributed by atoms with Crippen molar-refractivity contribution in [2.24, 2.45) is 0 Å². The Morgan fingerprint density at radius 3 is 2.64 bits per heavy atom. The molecule has 0 amide bonds. The van der Waals surface area contributed by atoms with E-state index in [9.17, 15) is 5.11 Å². The molecule has 0 fully saturated rings. The molecule has 1 aliphatic rings. The normalized spacial score (nSPS) is 26.0. The minimum atomic E-state index is -0.236. The molecule has 1 aromatic rings. The Morgan fingerprint density at radius 2 is 1.93 bits per heavy atom. The van der Waals surface area contributed by atoms with Gasteiger partial charge in [0, 0.05) is 0 Å². The molecule has 2 atom stereocenters. The number of rotatable bonds is 0. The zero-order valence-corrected chi connectivity index (χ0v) is 9.17. The number of aliphatic hydroxyl groups excluding tert-OH is 1. The van der Waals surface area contributed by atoms with Crippen LogP contribution in [0, 0.1) is 13.8 Å². The van der Waals surface area contributed by atoms with Gasteiger partial charge in [-0.15, -0.1) is 0 Å². The summed E-state index contributed by atoms with van der Waals surface area (Å²) in [6.07, 6.45) is 1.79. The first-order valence-corrected chi connectivity index (χ1v) is 5.38. The van der Waals surface area contributed by atoms with Crippen LogP contribution >= 0.6 is 0 Å². The van der Waals surface area contributed by atoms with Gasteiger partial charge in [-0.1, -0.05) is 24.6 Å². The Bertz CT molecular complexity index is 354. The number of hydrogen-bond acceptors (Lipinski definition) is 1. The summed E-state index contributed by atoms with van der Waals surface area (Å²) in [5, 5.41) is 9.93. The quantitative estimate of drug-likeness (QED) is 0.666.